The highest BCUT2D eigenvalue weighted by Crippen LogP contribution is 2.50. The SMILES string of the molecule is N#Cc1c(-n2c3ccccc3c3ccccc32)c(C#N)c(-n2c3ccccc3c3ccc4sc5ccccc5c4c32)c(-n2c3ccccc3c3ccccc32)c1-n1c2ccccc2c2ccccc21. The minimum atomic E-state index is 0.386. The number of hydrogen-bond acceptors (Lipinski definition) is 3. The largest absolute Gasteiger partial charge is 0.306 e. The van der Waals surface area contributed by atoms with Gasteiger partial charge in [-0.1, -0.05) is 152 Å². The summed E-state index contributed by atoms with van der Waals surface area (Å²) < 4.78 is 11.5. The summed E-state index contributed by atoms with van der Waals surface area (Å²) in [5.74, 6) is 0. The number of fused-ring (bicyclic) bond motifs is 16. The summed E-state index contributed by atoms with van der Waals surface area (Å²) in [6, 6.07) is 78.2. The normalized spacial score (nSPS) is 12.0. The highest BCUT2D eigenvalue weighted by atomic mass is 32.1. The molecule has 0 saturated heterocycles. The van der Waals surface area contributed by atoms with Crippen LogP contribution in [0.25, 0.3) is 130 Å². The molecule has 15 rings (SSSR count). The van der Waals surface area contributed by atoms with Gasteiger partial charge in [0.2, 0.25) is 0 Å². The van der Waals surface area contributed by atoms with Crippen molar-refractivity contribution in [2.24, 2.45) is 0 Å². The summed E-state index contributed by atoms with van der Waals surface area (Å²) in [4.78, 5) is 0. The van der Waals surface area contributed by atoms with Gasteiger partial charge in [-0.2, -0.15) is 10.5 Å². The highest BCUT2D eigenvalue weighted by molar-refractivity contribution is 7.26. The van der Waals surface area contributed by atoms with E-state index >= 15 is 0 Å². The number of aromatic nitrogens is 4. The van der Waals surface area contributed by atoms with Crippen LogP contribution < -0.4 is 0 Å². The molecule has 0 saturated carbocycles. The maximum Gasteiger partial charge on any atom is 0.104 e. The molecule has 0 bridgehead atoms. The van der Waals surface area contributed by atoms with Gasteiger partial charge in [0.1, 0.15) is 23.3 Å². The second-order valence-electron chi connectivity index (χ2n) is 17.8. The van der Waals surface area contributed by atoms with E-state index in [4.69, 9.17) is 0 Å². The fraction of sp³-hybridized carbons (Fsp3) is 0. The lowest BCUT2D eigenvalue weighted by atomic mass is 9.98. The van der Waals surface area contributed by atoms with E-state index in [0.29, 0.717) is 28.2 Å². The summed E-state index contributed by atoms with van der Waals surface area (Å²) >= 11 is 1.79. The van der Waals surface area contributed by atoms with Crippen LogP contribution in [0.2, 0.25) is 0 Å². The van der Waals surface area contributed by atoms with Crippen LogP contribution in [0.3, 0.4) is 0 Å². The van der Waals surface area contributed by atoms with Crippen LogP contribution in [0.1, 0.15) is 11.1 Å². The van der Waals surface area contributed by atoms with E-state index in [1.807, 2.05) is 12.1 Å². The highest BCUT2D eigenvalue weighted by Gasteiger charge is 2.35. The third-order valence-electron chi connectivity index (χ3n) is 14.4. The Kier molecular flexibility index (Phi) is 7.70. The van der Waals surface area contributed by atoms with Gasteiger partial charge in [-0.25, -0.2) is 0 Å². The van der Waals surface area contributed by atoms with Crippen molar-refractivity contribution in [1.82, 2.24) is 18.3 Å². The zero-order chi connectivity index (χ0) is 45.5. The molecule has 0 unspecified atom stereocenters. The summed E-state index contributed by atoms with van der Waals surface area (Å²) in [6.07, 6.45) is 0. The number of nitrogens with zero attached hydrogens (tertiary/aromatic N) is 6. The fourth-order valence-electron chi connectivity index (χ4n) is 11.8. The van der Waals surface area contributed by atoms with Crippen molar-refractivity contribution in [3.05, 3.63) is 217 Å². The molecule has 0 aliphatic heterocycles. The van der Waals surface area contributed by atoms with Crippen LogP contribution in [0.4, 0.5) is 0 Å². The van der Waals surface area contributed by atoms with E-state index in [1.54, 1.807) is 11.3 Å². The molecule has 5 heterocycles. The van der Waals surface area contributed by atoms with E-state index in [2.05, 4.69) is 225 Å². The molecule has 0 spiro atoms. The Morgan fingerprint density at radius 3 is 1.01 bits per heavy atom. The quantitative estimate of drug-likeness (QED) is 0.177. The Morgan fingerprint density at radius 1 is 0.275 bits per heavy atom. The van der Waals surface area contributed by atoms with Crippen LogP contribution in [-0.4, -0.2) is 18.3 Å². The maximum atomic E-state index is 12.5. The van der Waals surface area contributed by atoms with Crippen molar-refractivity contribution < 1.29 is 0 Å². The first-order valence-electron chi connectivity index (χ1n) is 23.1. The Morgan fingerprint density at radius 2 is 0.594 bits per heavy atom. The Balaban J connectivity index is 1.31. The molecular formula is C62H34N6S. The van der Waals surface area contributed by atoms with Crippen LogP contribution in [0, 0.1) is 22.7 Å². The molecule has 7 heteroatoms. The third kappa shape index (κ3) is 4.91. The third-order valence-corrected chi connectivity index (χ3v) is 15.6. The zero-order valence-corrected chi connectivity index (χ0v) is 37.5. The van der Waals surface area contributed by atoms with Crippen LogP contribution in [0.5, 0.6) is 0 Å². The smallest absolute Gasteiger partial charge is 0.104 e. The topological polar surface area (TPSA) is 67.3 Å². The average molecular weight is 895 g/mol. The van der Waals surface area contributed by atoms with Crippen molar-refractivity contribution >= 4 is 119 Å². The standard InChI is InChI=1S/C62H34N6S/c63-35-46-58(65-48-25-9-1-17-37(48)38-18-2-10-26-49(38)65)47(36-64)61(68-54-31-15-7-23-43(54)44-33-34-56-57(59(44)68)45-24-8-16-32-55(45)69-56)62(67-52-29-13-5-21-41(52)42-22-6-14-30-53(42)67)60(46)66-50-27-11-3-19-39(50)40-20-4-12-28-51(40)66/h1-34H. The minimum Gasteiger partial charge on any atom is -0.306 e. The van der Waals surface area contributed by atoms with Crippen molar-refractivity contribution in [2.75, 3.05) is 0 Å². The molecule has 15 aromatic rings. The van der Waals surface area contributed by atoms with Gasteiger partial charge in [-0.05, 0) is 54.6 Å². The van der Waals surface area contributed by atoms with E-state index in [-0.39, 0.29) is 0 Å². The molecular weight excluding hydrogens is 861 g/mol. The predicted molar refractivity (Wildman–Crippen MR) is 286 cm³/mol. The lowest BCUT2D eigenvalue weighted by molar-refractivity contribution is 1.02. The summed E-state index contributed by atoms with van der Waals surface area (Å²) in [7, 11) is 0. The molecule has 0 atom stereocenters. The Hall–Kier alpha value is -9.40. The Bertz CT molecular complexity index is 4660. The lowest BCUT2D eigenvalue weighted by Crippen LogP contribution is -2.17. The summed E-state index contributed by atoms with van der Waals surface area (Å²) in [5, 5.41) is 35.6. The Labute approximate surface area is 397 Å². The second kappa shape index (κ2) is 14.1. The molecule has 10 aromatic carbocycles. The number of benzene rings is 10. The molecule has 0 radical (unpaired) electrons. The van der Waals surface area contributed by atoms with Gasteiger partial charge in [0, 0.05) is 63.3 Å². The molecule has 69 heavy (non-hydrogen) atoms. The van der Waals surface area contributed by atoms with Gasteiger partial charge in [-0.15, -0.1) is 11.3 Å². The molecule has 0 N–H and O–H groups in total. The summed E-state index contributed by atoms with van der Waals surface area (Å²) in [6.45, 7) is 0. The molecule has 0 fully saturated rings. The van der Waals surface area contributed by atoms with E-state index in [1.165, 1.54) is 4.70 Å². The van der Waals surface area contributed by atoms with Gasteiger partial charge in [0.15, 0.2) is 0 Å². The van der Waals surface area contributed by atoms with Crippen molar-refractivity contribution in [3.63, 3.8) is 0 Å². The van der Waals surface area contributed by atoms with E-state index < -0.39 is 0 Å². The van der Waals surface area contributed by atoms with Crippen LogP contribution in [0.15, 0.2) is 206 Å². The van der Waals surface area contributed by atoms with Crippen molar-refractivity contribution in [2.45, 2.75) is 0 Å². The molecule has 318 valence electrons. The monoisotopic (exact) mass is 894 g/mol. The van der Waals surface area contributed by atoms with Gasteiger partial charge >= 0.3 is 0 Å². The molecule has 0 aliphatic rings. The first kappa shape index (κ1) is 37.8. The molecule has 6 nitrogen and oxygen atoms in total. The van der Waals surface area contributed by atoms with Gasteiger partial charge < -0.3 is 18.3 Å². The van der Waals surface area contributed by atoms with E-state index in [9.17, 15) is 10.5 Å². The maximum absolute atomic E-state index is 12.5. The minimum absolute atomic E-state index is 0.386. The molecule has 0 aliphatic carbocycles. The van der Waals surface area contributed by atoms with Gasteiger partial charge in [0.05, 0.1) is 66.9 Å². The molecule has 0 amide bonds. The van der Waals surface area contributed by atoms with Crippen molar-refractivity contribution in [3.8, 4) is 34.9 Å². The number of nitriles is 2. The number of rotatable bonds is 4. The van der Waals surface area contributed by atoms with Gasteiger partial charge in [0.25, 0.3) is 0 Å². The van der Waals surface area contributed by atoms with Gasteiger partial charge in [-0.3, -0.25) is 0 Å². The number of thiophene rings is 1. The zero-order valence-electron chi connectivity index (χ0n) is 36.7. The summed E-state index contributed by atoms with van der Waals surface area (Å²) in [5.41, 5.74) is 11.0. The number of para-hydroxylation sites is 7. The first-order valence-corrected chi connectivity index (χ1v) is 23.9. The van der Waals surface area contributed by atoms with Crippen LogP contribution >= 0.6 is 11.3 Å². The van der Waals surface area contributed by atoms with Crippen LogP contribution in [-0.2, 0) is 0 Å². The second-order valence-corrected chi connectivity index (χ2v) is 18.8. The van der Waals surface area contributed by atoms with Crippen molar-refractivity contribution in [1.29, 1.82) is 10.5 Å². The molecule has 5 aromatic heterocycles. The predicted octanol–water partition coefficient (Wildman–Crippen LogP) is 16.2. The van der Waals surface area contributed by atoms with E-state index in [0.717, 1.165) is 108 Å². The average Bonchev–Trinajstić information content (AvgIpc) is 4.21. The fourth-order valence-corrected chi connectivity index (χ4v) is 12.9. The first-order chi connectivity index (χ1) is 34.2. The lowest BCUT2D eigenvalue weighted by Gasteiger charge is -2.27. The number of hydrogen-bond donors (Lipinski definition) is 0.